The number of carbonyl (C=O) groups excluding carboxylic acids is 1. The number of hydrogen-bond donors (Lipinski definition) is 2. The summed E-state index contributed by atoms with van der Waals surface area (Å²) in [6.45, 7) is 6.92. The Balaban J connectivity index is 1.42. The van der Waals surface area contributed by atoms with Crippen molar-refractivity contribution in [3.63, 3.8) is 0 Å². The summed E-state index contributed by atoms with van der Waals surface area (Å²) >= 11 is 5.89. The lowest BCUT2D eigenvalue weighted by molar-refractivity contribution is -0.217. The van der Waals surface area contributed by atoms with Gasteiger partial charge in [0.1, 0.15) is 18.3 Å². The maximum atomic E-state index is 12.3. The fraction of sp³-hybridized carbons (Fsp3) is 0.720. The van der Waals surface area contributed by atoms with Gasteiger partial charge in [-0.3, -0.25) is 0 Å². The zero-order valence-corrected chi connectivity index (χ0v) is 20.9. The molecule has 33 heavy (non-hydrogen) atoms. The molecule has 7 nitrogen and oxygen atoms in total. The molecule has 186 valence electrons. The van der Waals surface area contributed by atoms with Crippen molar-refractivity contribution >= 4 is 23.3 Å². The Morgan fingerprint density at radius 1 is 1.03 bits per heavy atom. The first-order valence-corrected chi connectivity index (χ1v) is 12.7. The van der Waals surface area contributed by atoms with Crippen LogP contribution in [0.15, 0.2) is 24.3 Å². The lowest BCUT2D eigenvalue weighted by Crippen LogP contribution is -2.44. The third-order valence-corrected chi connectivity index (χ3v) is 6.21. The van der Waals surface area contributed by atoms with E-state index in [1.807, 2.05) is 13.8 Å². The molecule has 1 aromatic rings. The second-order valence-electron chi connectivity index (χ2n) is 9.30. The minimum Gasteiger partial charge on any atom is -0.373 e. The number of rotatable bonds is 13. The van der Waals surface area contributed by atoms with Crippen molar-refractivity contribution < 1.29 is 23.7 Å². The number of anilines is 1. The van der Waals surface area contributed by atoms with Gasteiger partial charge in [0.25, 0.3) is 0 Å². The van der Waals surface area contributed by atoms with Gasteiger partial charge in [0.2, 0.25) is 0 Å². The van der Waals surface area contributed by atoms with E-state index in [1.165, 1.54) is 38.5 Å². The summed E-state index contributed by atoms with van der Waals surface area (Å²) in [4.78, 5) is 12.3. The first-order valence-electron chi connectivity index (χ1n) is 12.3. The van der Waals surface area contributed by atoms with Gasteiger partial charge in [-0.25, -0.2) is 4.79 Å². The Kier molecular flexibility index (Phi) is 10.3. The normalized spacial score (nSPS) is 25.7. The van der Waals surface area contributed by atoms with Gasteiger partial charge in [-0.1, -0.05) is 63.5 Å². The molecule has 0 saturated carbocycles. The number of halogens is 1. The van der Waals surface area contributed by atoms with Gasteiger partial charge in [-0.05, 0) is 44.5 Å². The van der Waals surface area contributed by atoms with Crippen LogP contribution in [0.5, 0.6) is 0 Å². The lowest BCUT2D eigenvalue weighted by Gasteiger charge is -2.26. The summed E-state index contributed by atoms with van der Waals surface area (Å²) in [6.07, 6.45) is 8.52. The monoisotopic (exact) mass is 482 g/mol. The van der Waals surface area contributed by atoms with Crippen molar-refractivity contribution in [1.29, 1.82) is 0 Å². The van der Waals surface area contributed by atoms with E-state index in [1.54, 1.807) is 24.3 Å². The average molecular weight is 483 g/mol. The van der Waals surface area contributed by atoms with E-state index in [4.69, 9.17) is 30.5 Å². The molecule has 0 radical (unpaired) electrons. The molecular formula is C25H39ClN2O5. The molecule has 2 amide bonds. The highest BCUT2D eigenvalue weighted by Gasteiger charge is 2.55. The van der Waals surface area contributed by atoms with E-state index in [-0.39, 0.29) is 24.3 Å². The van der Waals surface area contributed by atoms with Crippen LogP contribution in [0, 0.1) is 0 Å². The maximum absolute atomic E-state index is 12.3. The van der Waals surface area contributed by atoms with Gasteiger partial charge in [0.05, 0.1) is 0 Å². The highest BCUT2D eigenvalue weighted by atomic mass is 35.5. The second kappa shape index (κ2) is 12.9. The Morgan fingerprint density at radius 2 is 1.70 bits per heavy atom. The predicted octanol–water partition coefficient (Wildman–Crippen LogP) is 5.86. The second-order valence-corrected chi connectivity index (χ2v) is 9.73. The molecule has 0 spiro atoms. The Bertz CT molecular complexity index is 730. The quantitative estimate of drug-likeness (QED) is 0.344. The van der Waals surface area contributed by atoms with E-state index in [0.717, 1.165) is 12.8 Å². The summed E-state index contributed by atoms with van der Waals surface area (Å²) < 4.78 is 24.2. The summed E-state index contributed by atoms with van der Waals surface area (Å²) in [5.74, 6) is -0.709. The maximum Gasteiger partial charge on any atom is 0.319 e. The number of amides is 2. The minimum atomic E-state index is -0.709. The van der Waals surface area contributed by atoms with Crippen LogP contribution in [0.1, 0.15) is 72.1 Å². The molecule has 0 bridgehead atoms. The molecule has 4 atom stereocenters. The van der Waals surface area contributed by atoms with Crippen LogP contribution in [-0.4, -0.2) is 49.6 Å². The fourth-order valence-corrected chi connectivity index (χ4v) is 4.40. The molecule has 1 aromatic carbocycles. The van der Waals surface area contributed by atoms with E-state index >= 15 is 0 Å². The number of nitrogens with one attached hydrogen (secondary N) is 2. The number of urea groups is 1. The fourth-order valence-electron chi connectivity index (χ4n) is 4.27. The number of hydrogen-bond acceptors (Lipinski definition) is 5. The molecular weight excluding hydrogens is 444 g/mol. The van der Waals surface area contributed by atoms with Crippen LogP contribution in [0.4, 0.5) is 10.5 Å². The number of ether oxygens (including phenoxy) is 4. The van der Waals surface area contributed by atoms with Crippen LogP contribution in [0.2, 0.25) is 5.02 Å². The van der Waals surface area contributed by atoms with Crippen LogP contribution in [-0.2, 0) is 18.9 Å². The van der Waals surface area contributed by atoms with Crippen molar-refractivity contribution in [3.05, 3.63) is 29.3 Å². The smallest absolute Gasteiger partial charge is 0.319 e. The molecule has 2 aliphatic heterocycles. The van der Waals surface area contributed by atoms with Crippen LogP contribution in [0.25, 0.3) is 0 Å². The first kappa shape index (κ1) is 26.2. The Morgan fingerprint density at radius 3 is 2.39 bits per heavy atom. The van der Waals surface area contributed by atoms with Crippen molar-refractivity contribution in [2.45, 2.75) is 103 Å². The standard InChI is InChI=1S/C25H39ClN2O5/c1-4-5-6-7-8-9-10-11-16-30-21-20(31-23-22(21)32-25(2,3)33-23)17-27-24(29)28-19-14-12-18(26)13-15-19/h12-15,20-23H,4-11,16-17H2,1-3H3,(H2,27,28,29)/t20-,21+,22+,23+/m0/s1. The molecule has 3 rings (SSSR count). The number of unbranched alkanes of at least 4 members (excludes halogenated alkanes) is 7. The third kappa shape index (κ3) is 8.41. The van der Waals surface area contributed by atoms with Gasteiger partial charge >= 0.3 is 6.03 Å². The molecule has 0 aromatic heterocycles. The molecule has 2 heterocycles. The third-order valence-electron chi connectivity index (χ3n) is 5.96. The van der Waals surface area contributed by atoms with Crippen molar-refractivity contribution in [1.82, 2.24) is 5.32 Å². The van der Waals surface area contributed by atoms with Gasteiger partial charge in [-0.2, -0.15) is 0 Å². The molecule has 0 unspecified atom stereocenters. The van der Waals surface area contributed by atoms with Crippen molar-refractivity contribution in [2.24, 2.45) is 0 Å². The predicted molar refractivity (Wildman–Crippen MR) is 130 cm³/mol. The van der Waals surface area contributed by atoms with Crippen LogP contribution < -0.4 is 10.6 Å². The molecule has 2 saturated heterocycles. The number of carbonyl (C=O) groups is 1. The van der Waals surface area contributed by atoms with E-state index < -0.39 is 12.1 Å². The summed E-state index contributed by atoms with van der Waals surface area (Å²) in [5, 5.41) is 6.27. The summed E-state index contributed by atoms with van der Waals surface area (Å²) in [5.41, 5.74) is 0.664. The minimum absolute atomic E-state index is 0.293. The summed E-state index contributed by atoms with van der Waals surface area (Å²) in [7, 11) is 0. The number of fused-ring (bicyclic) bond motifs is 1. The molecule has 2 N–H and O–H groups in total. The largest absolute Gasteiger partial charge is 0.373 e. The molecule has 2 fully saturated rings. The molecule has 8 heteroatoms. The zero-order valence-electron chi connectivity index (χ0n) is 20.1. The van der Waals surface area contributed by atoms with Crippen LogP contribution in [0.3, 0.4) is 0 Å². The molecule has 2 aliphatic rings. The van der Waals surface area contributed by atoms with Crippen molar-refractivity contribution in [3.8, 4) is 0 Å². The van der Waals surface area contributed by atoms with E-state index in [2.05, 4.69) is 17.6 Å². The van der Waals surface area contributed by atoms with E-state index in [9.17, 15) is 4.79 Å². The zero-order chi connectivity index (χ0) is 23.7. The van der Waals surface area contributed by atoms with Gasteiger partial charge in [-0.15, -0.1) is 0 Å². The topological polar surface area (TPSA) is 78.1 Å². The average Bonchev–Trinajstić information content (AvgIpc) is 3.24. The highest BCUT2D eigenvalue weighted by molar-refractivity contribution is 6.30. The number of benzene rings is 1. The van der Waals surface area contributed by atoms with Gasteiger partial charge in [0.15, 0.2) is 12.1 Å². The molecule has 0 aliphatic carbocycles. The highest BCUT2D eigenvalue weighted by Crippen LogP contribution is 2.38. The van der Waals surface area contributed by atoms with Crippen molar-refractivity contribution in [2.75, 3.05) is 18.5 Å². The lowest BCUT2D eigenvalue weighted by atomic mass is 10.1. The van der Waals surface area contributed by atoms with Crippen LogP contribution >= 0.6 is 11.6 Å². The van der Waals surface area contributed by atoms with Gasteiger partial charge < -0.3 is 29.6 Å². The SMILES string of the molecule is CCCCCCCCCCO[C@H]1[C@H]2OC(C)(C)O[C@H]2O[C@H]1CNC(=O)Nc1ccc(Cl)cc1. The Hall–Kier alpha value is -1.38. The van der Waals surface area contributed by atoms with E-state index in [0.29, 0.717) is 23.9 Å². The van der Waals surface area contributed by atoms with Gasteiger partial charge in [0, 0.05) is 23.9 Å². The summed E-state index contributed by atoms with van der Waals surface area (Å²) in [6, 6.07) is 6.63. The Labute approximate surface area is 202 Å². The first-order chi connectivity index (χ1) is 15.9.